The van der Waals surface area contributed by atoms with Crippen LogP contribution in [-0.4, -0.2) is 0 Å². The highest BCUT2D eigenvalue weighted by Gasteiger charge is 2.04. The predicted molar refractivity (Wildman–Crippen MR) is 69.8 cm³/mol. The molecule has 0 radical (unpaired) electrons. The van der Waals surface area contributed by atoms with Crippen LogP contribution in [0.4, 0.5) is 4.39 Å². The molecule has 0 saturated carbocycles. The fourth-order valence-corrected chi connectivity index (χ4v) is 1.97. The molecule has 0 atom stereocenters. The Kier molecular flexibility index (Phi) is 4.15. The first-order valence-electron chi connectivity index (χ1n) is 5.30. The first kappa shape index (κ1) is 12.1. The molecule has 0 aromatic heterocycles. The molecule has 2 aromatic rings. The van der Waals surface area contributed by atoms with E-state index in [-0.39, 0.29) is 5.82 Å². The summed E-state index contributed by atoms with van der Waals surface area (Å²) < 4.78 is 18.7. The van der Waals surface area contributed by atoms with Crippen molar-refractivity contribution in [1.29, 1.82) is 0 Å². The van der Waals surface area contributed by atoms with Crippen molar-refractivity contribution in [1.82, 2.24) is 0 Å². The minimum atomic E-state index is -0.244. The van der Waals surface area contributed by atoms with Crippen molar-refractivity contribution in [2.24, 2.45) is 0 Å². The van der Waals surface area contributed by atoms with Gasteiger partial charge < -0.3 is 4.74 Å². The lowest BCUT2D eigenvalue weighted by Crippen LogP contribution is -1.98. The monoisotopic (exact) mass is 294 g/mol. The maximum Gasteiger partial charge on any atom is 0.124 e. The summed E-state index contributed by atoms with van der Waals surface area (Å²) in [6.07, 6.45) is 0. The summed E-state index contributed by atoms with van der Waals surface area (Å²) in [4.78, 5) is 0. The molecule has 0 saturated heterocycles. The Bertz CT molecular complexity index is 485. The number of benzene rings is 2. The zero-order chi connectivity index (χ0) is 12.1. The van der Waals surface area contributed by atoms with E-state index in [1.54, 1.807) is 6.07 Å². The van der Waals surface area contributed by atoms with Gasteiger partial charge in [0.15, 0.2) is 0 Å². The van der Waals surface area contributed by atoms with Gasteiger partial charge >= 0.3 is 0 Å². The average molecular weight is 295 g/mol. The normalized spacial score (nSPS) is 10.2. The first-order chi connectivity index (χ1) is 8.29. The first-order valence-corrected chi connectivity index (χ1v) is 6.43. The molecule has 0 spiro atoms. The third-order valence-electron chi connectivity index (χ3n) is 2.40. The van der Waals surface area contributed by atoms with E-state index in [4.69, 9.17) is 4.74 Å². The Morgan fingerprint density at radius 3 is 2.53 bits per heavy atom. The van der Waals surface area contributed by atoms with Crippen LogP contribution in [0.25, 0.3) is 0 Å². The second-order valence-corrected chi connectivity index (χ2v) is 4.22. The SMILES string of the molecule is Fc1ccc(OCc2ccccc2)c(CBr)c1. The second kappa shape index (κ2) is 5.82. The van der Waals surface area contributed by atoms with Crippen LogP contribution in [0.15, 0.2) is 48.5 Å². The summed E-state index contributed by atoms with van der Waals surface area (Å²) in [5, 5.41) is 0.578. The highest BCUT2D eigenvalue weighted by Crippen LogP contribution is 2.23. The fraction of sp³-hybridized carbons (Fsp3) is 0.143. The van der Waals surface area contributed by atoms with Crippen LogP contribution in [0.3, 0.4) is 0 Å². The predicted octanol–water partition coefficient (Wildman–Crippen LogP) is 4.30. The Balaban J connectivity index is 2.09. The highest BCUT2D eigenvalue weighted by molar-refractivity contribution is 9.08. The molecule has 17 heavy (non-hydrogen) atoms. The van der Waals surface area contributed by atoms with Gasteiger partial charge in [-0.3, -0.25) is 0 Å². The summed E-state index contributed by atoms with van der Waals surface area (Å²) in [6.45, 7) is 0.493. The standard InChI is InChI=1S/C14H12BrFO/c15-9-12-8-13(16)6-7-14(12)17-10-11-4-2-1-3-5-11/h1-8H,9-10H2. The van der Waals surface area contributed by atoms with Crippen LogP contribution in [0, 0.1) is 5.82 Å². The van der Waals surface area contributed by atoms with Crippen molar-refractivity contribution in [2.75, 3.05) is 0 Å². The molecular weight excluding hydrogens is 283 g/mol. The lowest BCUT2D eigenvalue weighted by atomic mass is 10.2. The third kappa shape index (κ3) is 3.30. The van der Waals surface area contributed by atoms with Gasteiger partial charge in [0.25, 0.3) is 0 Å². The Morgan fingerprint density at radius 1 is 1.06 bits per heavy atom. The van der Waals surface area contributed by atoms with Crippen molar-refractivity contribution >= 4 is 15.9 Å². The zero-order valence-electron chi connectivity index (χ0n) is 9.20. The molecule has 2 rings (SSSR count). The number of hydrogen-bond acceptors (Lipinski definition) is 1. The molecule has 1 nitrogen and oxygen atoms in total. The van der Waals surface area contributed by atoms with Gasteiger partial charge in [0.2, 0.25) is 0 Å². The van der Waals surface area contributed by atoms with E-state index in [2.05, 4.69) is 15.9 Å². The highest BCUT2D eigenvalue weighted by atomic mass is 79.9. The van der Waals surface area contributed by atoms with Crippen LogP contribution in [0.5, 0.6) is 5.75 Å². The molecule has 0 heterocycles. The molecule has 0 aliphatic carbocycles. The van der Waals surface area contributed by atoms with Gasteiger partial charge in [0.05, 0.1) is 0 Å². The summed E-state index contributed by atoms with van der Waals surface area (Å²) in [7, 11) is 0. The molecule has 0 aliphatic rings. The number of hydrogen-bond donors (Lipinski definition) is 0. The van der Waals surface area contributed by atoms with Crippen molar-refractivity contribution in [3.8, 4) is 5.75 Å². The van der Waals surface area contributed by atoms with Crippen LogP contribution in [0.2, 0.25) is 0 Å². The van der Waals surface area contributed by atoms with E-state index >= 15 is 0 Å². The summed E-state index contributed by atoms with van der Waals surface area (Å²) in [5.74, 6) is 0.471. The third-order valence-corrected chi connectivity index (χ3v) is 3.01. The van der Waals surface area contributed by atoms with Crippen molar-refractivity contribution in [3.05, 3.63) is 65.5 Å². The fourth-order valence-electron chi connectivity index (χ4n) is 1.53. The number of rotatable bonds is 4. The lowest BCUT2D eigenvalue weighted by molar-refractivity contribution is 0.303. The van der Waals surface area contributed by atoms with Crippen LogP contribution in [-0.2, 0) is 11.9 Å². The van der Waals surface area contributed by atoms with Crippen molar-refractivity contribution in [3.63, 3.8) is 0 Å². The molecule has 0 fully saturated rings. The van der Waals surface area contributed by atoms with Crippen LogP contribution >= 0.6 is 15.9 Å². The molecule has 0 aliphatic heterocycles. The lowest BCUT2D eigenvalue weighted by Gasteiger charge is -2.10. The molecule has 0 unspecified atom stereocenters. The molecule has 88 valence electrons. The van der Waals surface area contributed by atoms with Crippen molar-refractivity contribution in [2.45, 2.75) is 11.9 Å². The van der Waals surface area contributed by atoms with E-state index in [9.17, 15) is 4.39 Å². The number of halogens is 2. The van der Waals surface area contributed by atoms with Gasteiger partial charge in [-0.15, -0.1) is 0 Å². The van der Waals surface area contributed by atoms with E-state index in [1.807, 2.05) is 30.3 Å². The summed E-state index contributed by atoms with van der Waals surface area (Å²) in [5.41, 5.74) is 1.92. The number of ether oxygens (including phenoxy) is 1. The number of alkyl halides is 1. The second-order valence-electron chi connectivity index (χ2n) is 3.66. The molecule has 2 aromatic carbocycles. The topological polar surface area (TPSA) is 9.23 Å². The molecule has 0 amide bonds. The molecular formula is C14H12BrFO. The maximum absolute atomic E-state index is 13.0. The summed E-state index contributed by atoms with van der Waals surface area (Å²) in [6, 6.07) is 14.4. The van der Waals surface area contributed by atoms with Crippen LogP contribution < -0.4 is 4.74 Å². The molecule has 0 bridgehead atoms. The maximum atomic E-state index is 13.0. The average Bonchev–Trinajstić information content (AvgIpc) is 2.38. The van der Waals surface area contributed by atoms with Gasteiger partial charge in [0, 0.05) is 10.9 Å². The van der Waals surface area contributed by atoms with Gasteiger partial charge in [-0.1, -0.05) is 46.3 Å². The van der Waals surface area contributed by atoms with Crippen LogP contribution in [0.1, 0.15) is 11.1 Å². The smallest absolute Gasteiger partial charge is 0.124 e. The van der Waals surface area contributed by atoms with E-state index in [1.165, 1.54) is 12.1 Å². The summed E-state index contributed by atoms with van der Waals surface area (Å²) >= 11 is 3.32. The van der Waals surface area contributed by atoms with E-state index < -0.39 is 0 Å². The Hall–Kier alpha value is -1.35. The van der Waals surface area contributed by atoms with Crippen molar-refractivity contribution < 1.29 is 9.13 Å². The molecule has 0 N–H and O–H groups in total. The molecule has 3 heteroatoms. The van der Waals surface area contributed by atoms with Gasteiger partial charge in [-0.25, -0.2) is 4.39 Å². The van der Waals surface area contributed by atoms with E-state index in [0.29, 0.717) is 17.7 Å². The van der Waals surface area contributed by atoms with Gasteiger partial charge in [0.1, 0.15) is 18.2 Å². The largest absolute Gasteiger partial charge is 0.489 e. The zero-order valence-corrected chi connectivity index (χ0v) is 10.8. The minimum absolute atomic E-state index is 0.244. The van der Waals surface area contributed by atoms with E-state index in [0.717, 1.165) is 11.1 Å². The Morgan fingerprint density at radius 2 is 1.82 bits per heavy atom. The minimum Gasteiger partial charge on any atom is -0.489 e. The van der Waals surface area contributed by atoms with Gasteiger partial charge in [-0.05, 0) is 23.8 Å². The quantitative estimate of drug-likeness (QED) is 0.764. The van der Waals surface area contributed by atoms with Gasteiger partial charge in [-0.2, -0.15) is 0 Å². The Labute approximate surface area is 108 Å².